The number of hydrogen-bond donors (Lipinski definition) is 1. The number of anilines is 2. The summed E-state index contributed by atoms with van der Waals surface area (Å²) in [4.78, 5) is 31.5. The van der Waals surface area contributed by atoms with Gasteiger partial charge < -0.3 is 24.8 Å². The molecule has 3 amide bonds. The number of nitrogens with one attached hydrogen (secondary N) is 1. The van der Waals surface area contributed by atoms with Gasteiger partial charge in [-0.3, -0.25) is 0 Å². The van der Waals surface area contributed by atoms with Crippen LogP contribution >= 0.6 is 0 Å². The van der Waals surface area contributed by atoms with E-state index in [0.717, 1.165) is 43.6 Å². The Morgan fingerprint density at radius 2 is 1.82 bits per heavy atom. The van der Waals surface area contributed by atoms with Crippen molar-refractivity contribution in [3.05, 3.63) is 59.7 Å². The van der Waals surface area contributed by atoms with Gasteiger partial charge in [-0.05, 0) is 63.3 Å². The van der Waals surface area contributed by atoms with Crippen LogP contribution in [0.15, 0.2) is 48.5 Å². The van der Waals surface area contributed by atoms with Crippen LogP contribution in [-0.4, -0.2) is 60.2 Å². The van der Waals surface area contributed by atoms with E-state index in [4.69, 9.17) is 4.74 Å². The number of nitrogens with zero attached hydrogens (tertiary/aromatic N) is 3. The highest BCUT2D eigenvalue weighted by Gasteiger charge is 2.31. The first-order chi connectivity index (χ1) is 16.2. The van der Waals surface area contributed by atoms with E-state index in [2.05, 4.69) is 40.5 Å². The number of rotatable bonds is 4. The van der Waals surface area contributed by atoms with Crippen molar-refractivity contribution < 1.29 is 14.3 Å². The van der Waals surface area contributed by atoms with Gasteiger partial charge in [-0.15, -0.1) is 0 Å². The maximum Gasteiger partial charge on any atom is 0.410 e. The largest absolute Gasteiger partial charge is 0.444 e. The summed E-state index contributed by atoms with van der Waals surface area (Å²) in [6.45, 7) is 8.46. The first-order valence-electron chi connectivity index (χ1n) is 12.1. The minimum atomic E-state index is -0.545. The van der Waals surface area contributed by atoms with Gasteiger partial charge in [0.1, 0.15) is 5.60 Å². The number of hydrogen-bond acceptors (Lipinski definition) is 4. The van der Waals surface area contributed by atoms with E-state index >= 15 is 0 Å². The molecule has 182 valence electrons. The Balaban J connectivity index is 1.40. The number of urea groups is 1. The maximum atomic E-state index is 13.2. The maximum absolute atomic E-state index is 13.2. The van der Waals surface area contributed by atoms with Gasteiger partial charge in [-0.25, -0.2) is 9.59 Å². The first-order valence-corrected chi connectivity index (χ1v) is 12.1. The van der Waals surface area contributed by atoms with Crippen LogP contribution in [0.1, 0.15) is 44.7 Å². The Labute approximate surface area is 202 Å². The molecule has 2 aliphatic heterocycles. The average molecular weight is 465 g/mol. The number of likely N-dealkylation sites (N-methyl/N-ethyl adjacent to an activating group) is 1. The van der Waals surface area contributed by atoms with Crippen LogP contribution in [0.5, 0.6) is 0 Å². The van der Waals surface area contributed by atoms with E-state index in [1.165, 1.54) is 11.3 Å². The monoisotopic (exact) mass is 464 g/mol. The van der Waals surface area contributed by atoms with E-state index in [1.54, 1.807) is 16.8 Å². The molecule has 4 rings (SSSR count). The lowest BCUT2D eigenvalue weighted by molar-refractivity contribution is 0.0158. The van der Waals surface area contributed by atoms with Crippen molar-refractivity contribution in [2.75, 3.05) is 36.9 Å². The highest BCUT2D eigenvalue weighted by Crippen LogP contribution is 2.30. The van der Waals surface area contributed by atoms with Crippen molar-refractivity contribution in [1.29, 1.82) is 0 Å². The smallest absolute Gasteiger partial charge is 0.410 e. The van der Waals surface area contributed by atoms with Gasteiger partial charge in [0.2, 0.25) is 0 Å². The van der Waals surface area contributed by atoms with Gasteiger partial charge in [0, 0.05) is 44.6 Å². The Morgan fingerprint density at radius 1 is 1.09 bits per heavy atom. The highest BCUT2D eigenvalue weighted by molar-refractivity contribution is 5.90. The average Bonchev–Trinajstić information content (AvgIpc) is 3.21. The molecule has 2 aromatic rings. The molecular weight excluding hydrogens is 428 g/mol. The quantitative estimate of drug-likeness (QED) is 0.683. The zero-order chi connectivity index (χ0) is 24.3. The molecule has 1 N–H and O–H groups in total. The van der Waals surface area contributed by atoms with E-state index in [1.807, 2.05) is 39.0 Å². The third-order valence-electron chi connectivity index (χ3n) is 6.52. The third-order valence-corrected chi connectivity index (χ3v) is 6.52. The molecule has 0 aliphatic carbocycles. The van der Waals surface area contributed by atoms with Crippen LogP contribution in [0.4, 0.5) is 21.0 Å². The standard InChI is InChI=1S/C27H36N4O3/c1-27(2,3)34-26(33)29(4)22-12-9-16-31(19-22)25(32)28-23-13-7-5-11-21(23)18-30-17-15-20-10-6-8-14-24(20)30/h5-8,10-11,13-14,22H,9,12,15-19H2,1-4H3,(H,28,32)/t22-/m0/s1. The van der Waals surface area contributed by atoms with Crippen LogP contribution in [0, 0.1) is 0 Å². The normalized spacial score (nSPS) is 17.8. The van der Waals surface area contributed by atoms with Crippen molar-refractivity contribution in [3.8, 4) is 0 Å². The number of carbonyl (C=O) groups excluding carboxylic acids is 2. The van der Waals surface area contributed by atoms with E-state index in [9.17, 15) is 9.59 Å². The molecule has 7 heteroatoms. The van der Waals surface area contributed by atoms with Crippen molar-refractivity contribution in [3.63, 3.8) is 0 Å². The van der Waals surface area contributed by atoms with Gasteiger partial charge in [0.05, 0.1) is 6.04 Å². The van der Waals surface area contributed by atoms with Gasteiger partial charge in [0.25, 0.3) is 0 Å². The summed E-state index contributed by atoms with van der Waals surface area (Å²) < 4.78 is 5.51. The Kier molecular flexibility index (Phi) is 7.00. The fourth-order valence-electron chi connectivity index (χ4n) is 4.69. The number of amides is 3. The minimum absolute atomic E-state index is 0.0642. The van der Waals surface area contributed by atoms with Gasteiger partial charge >= 0.3 is 12.1 Å². The molecule has 0 bridgehead atoms. The summed E-state index contributed by atoms with van der Waals surface area (Å²) in [5, 5.41) is 3.13. The minimum Gasteiger partial charge on any atom is -0.444 e. The number of fused-ring (bicyclic) bond motifs is 1. The summed E-state index contributed by atoms with van der Waals surface area (Å²) in [6.07, 6.45) is 2.39. The predicted octanol–water partition coefficient (Wildman–Crippen LogP) is 5.11. The SMILES string of the molecule is CN(C(=O)OC(C)(C)C)[C@H]1CCCN(C(=O)Nc2ccccc2CN2CCc3ccccc32)C1. The molecule has 2 heterocycles. The zero-order valence-corrected chi connectivity index (χ0v) is 20.7. The number of likely N-dealkylation sites (tertiary alicyclic amines) is 1. The molecule has 2 aliphatic rings. The lowest BCUT2D eigenvalue weighted by atomic mass is 10.1. The van der Waals surface area contributed by atoms with E-state index < -0.39 is 5.60 Å². The summed E-state index contributed by atoms with van der Waals surface area (Å²) >= 11 is 0. The van der Waals surface area contributed by atoms with E-state index in [0.29, 0.717) is 13.1 Å². The molecule has 1 saturated heterocycles. The number of ether oxygens (including phenoxy) is 1. The Morgan fingerprint density at radius 3 is 2.62 bits per heavy atom. The van der Waals surface area contributed by atoms with Crippen molar-refractivity contribution in [2.45, 2.75) is 58.2 Å². The molecule has 0 unspecified atom stereocenters. The van der Waals surface area contributed by atoms with Crippen LogP contribution < -0.4 is 10.2 Å². The molecule has 1 atom stereocenters. The first kappa shape index (κ1) is 23.9. The predicted molar refractivity (Wildman–Crippen MR) is 135 cm³/mol. The molecular formula is C27H36N4O3. The second-order valence-electron chi connectivity index (χ2n) is 10.2. The summed E-state index contributed by atoms with van der Waals surface area (Å²) in [5.74, 6) is 0. The van der Waals surface area contributed by atoms with Crippen molar-refractivity contribution in [2.24, 2.45) is 0 Å². The molecule has 34 heavy (non-hydrogen) atoms. The van der Waals surface area contributed by atoms with Gasteiger partial charge in [0.15, 0.2) is 0 Å². The van der Waals surface area contributed by atoms with Crippen molar-refractivity contribution in [1.82, 2.24) is 9.80 Å². The fourth-order valence-corrected chi connectivity index (χ4v) is 4.69. The number of piperidine rings is 1. The number of para-hydroxylation sites is 2. The van der Waals surface area contributed by atoms with E-state index in [-0.39, 0.29) is 18.2 Å². The molecule has 7 nitrogen and oxygen atoms in total. The fraction of sp³-hybridized carbons (Fsp3) is 0.481. The van der Waals surface area contributed by atoms with Gasteiger partial charge in [-0.1, -0.05) is 36.4 Å². The molecule has 2 aromatic carbocycles. The lowest BCUT2D eigenvalue weighted by Gasteiger charge is -2.38. The molecule has 1 fully saturated rings. The van der Waals surface area contributed by atoms with Crippen LogP contribution in [0.25, 0.3) is 0 Å². The number of carbonyl (C=O) groups is 2. The Bertz CT molecular complexity index is 1030. The van der Waals surface area contributed by atoms with Crippen LogP contribution in [0.3, 0.4) is 0 Å². The molecule has 0 spiro atoms. The summed E-state index contributed by atoms with van der Waals surface area (Å²) in [7, 11) is 1.75. The molecule has 0 radical (unpaired) electrons. The van der Waals surface area contributed by atoms with Crippen LogP contribution in [-0.2, 0) is 17.7 Å². The molecule has 0 saturated carbocycles. The number of benzene rings is 2. The second kappa shape index (κ2) is 9.95. The lowest BCUT2D eigenvalue weighted by Crippen LogP contribution is -2.52. The zero-order valence-electron chi connectivity index (χ0n) is 20.7. The summed E-state index contributed by atoms with van der Waals surface area (Å²) in [5.41, 5.74) is 4.02. The van der Waals surface area contributed by atoms with Crippen molar-refractivity contribution >= 4 is 23.5 Å². The third kappa shape index (κ3) is 5.64. The second-order valence-corrected chi connectivity index (χ2v) is 10.2. The Hall–Kier alpha value is -3.22. The highest BCUT2D eigenvalue weighted by atomic mass is 16.6. The topological polar surface area (TPSA) is 65.1 Å². The summed E-state index contributed by atoms with van der Waals surface area (Å²) in [6, 6.07) is 16.3. The van der Waals surface area contributed by atoms with Crippen LogP contribution in [0.2, 0.25) is 0 Å². The van der Waals surface area contributed by atoms with Gasteiger partial charge in [-0.2, -0.15) is 0 Å². The molecule has 0 aromatic heterocycles.